The van der Waals surface area contributed by atoms with Crippen LogP contribution in [0.1, 0.15) is 31.1 Å². The van der Waals surface area contributed by atoms with E-state index in [-0.39, 0.29) is 11.1 Å². The lowest BCUT2D eigenvalue weighted by Crippen LogP contribution is -2.43. The first kappa shape index (κ1) is 16.1. The summed E-state index contributed by atoms with van der Waals surface area (Å²) in [7, 11) is -3.63. The van der Waals surface area contributed by atoms with Gasteiger partial charge >= 0.3 is 0 Å². The second-order valence-electron chi connectivity index (χ2n) is 5.09. The van der Waals surface area contributed by atoms with Crippen LogP contribution in [0.2, 0.25) is 0 Å². The lowest BCUT2D eigenvalue weighted by Gasteiger charge is -2.20. The molecule has 0 atom stereocenters. The third-order valence-corrected chi connectivity index (χ3v) is 3.92. The summed E-state index contributed by atoms with van der Waals surface area (Å²) >= 11 is 3.08. The Morgan fingerprint density at radius 3 is 2.16 bits per heavy atom. The van der Waals surface area contributed by atoms with E-state index in [1.54, 1.807) is 45.0 Å². The van der Waals surface area contributed by atoms with Crippen LogP contribution in [-0.2, 0) is 10.2 Å². The van der Waals surface area contributed by atoms with E-state index in [2.05, 4.69) is 25.4 Å². The van der Waals surface area contributed by atoms with Crippen molar-refractivity contribution in [1.82, 2.24) is 4.72 Å². The number of anilines is 1. The lowest BCUT2D eigenvalue weighted by atomic mass is 10.1. The molecule has 5 nitrogen and oxygen atoms in total. The fraction of sp³-hybridized carbons (Fsp3) is 0.417. The number of ketones is 1. The van der Waals surface area contributed by atoms with Gasteiger partial charge in [-0.15, -0.1) is 0 Å². The summed E-state index contributed by atoms with van der Waals surface area (Å²) in [4.78, 5) is 11.4. The van der Waals surface area contributed by atoms with Crippen molar-refractivity contribution >= 4 is 37.6 Å². The van der Waals surface area contributed by atoms with Gasteiger partial charge in [-0.05, 0) is 45.0 Å². The molecule has 1 aromatic carbocycles. The molecule has 0 aromatic heterocycles. The van der Waals surface area contributed by atoms with E-state index in [0.29, 0.717) is 11.3 Å². The Morgan fingerprint density at radius 2 is 1.74 bits per heavy atom. The highest BCUT2D eigenvalue weighted by Crippen LogP contribution is 2.13. The van der Waals surface area contributed by atoms with Crippen molar-refractivity contribution in [3.63, 3.8) is 0 Å². The Hall–Kier alpha value is -0.920. The summed E-state index contributed by atoms with van der Waals surface area (Å²) < 4.78 is 28.5. The fourth-order valence-corrected chi connectivity index (χ4v) is 3.01. The summed E-state index contributed by atoms with van der Waals surface area (Å²) in [5.74, 6) is -0.0535. The molecule has 0 saturated carbocycles. The highest BCUT2D eigenvalue weighted by atomic mass is 79.9. The van der Waals surface area contributed by atoms with Gasteiger partial charge in [0.15, 0.2) is 5.78 Å². The molecule has 1 rings (SSSR count). The number of hydrogen-bond donors (Lipinski definition) is 2. The maximum absolute atomic E-state index is 11.8. The SMILES string of the molecule is CC(C)(C)NS(=O)(=O)Nc1ccc(C(=O)CBr)cc1. The third-order valence-electron chi connectivity index (χ3n) is 2.02. The Labute approximate surface area is 122 Å². The predicted molar refractivity (Wildman–Crippen MR) is 80.0 cm³/mol. The van der Waals surface area contributed by atoms with E-state index in [0.717, 1.165) is 0 Å². The van der Waals surface area contributed by atoms with Crippen molar-refractivity contribution in [2.24, 2.45) is 0 Å². The van der Waals surface area contributed by atoms with Crippen molar-refractivity contribution in [2.45, 2.75) is 26.3 Å². The van der Waals surface area contributed by atoms with Crippen molar-refractivity contribution in [2.75, 3.05) is 10.1 Å². The average molecular weight is 349 g/mol. The van der Waals surface area contributed by atoms with Crippen LogP contribution in [0.25, 0.3) is 0 Å². The maximum Gasteiger partial charge on any atom is 0.299 e. The standard InChI is InChI=1S/C12H17BrN2O3S/c1-12(2,3)15-19(17,18)14-10-6-4-9(5-7-10)11(16)8-13/h4-7,14-15H,8H2,1-3H3. The highest BCUT2D eigenvalue weighted by molar-refractivity contribution is 9.09. The van der Waals surface area contributed by atoms with Gasteiger partial charge in [-0.3, -0.25) is 9.52 Å². The molecule has 0 radical (unpaired) electrons. The zero-order valence-electron chi connectivity index (χ0n) is 11.0. The molecule has 7 heteroatoms. The monoisotopic (exact) mass is 348 g/mol. The van der Waals surface area contributed by atoms with Crippen LogP contribution in [0, 0.1) is 0 Å². The number of nitrogens with one attached hydrogen (secondary N) is 2. The summed E-state index contributed by atoms with van der Waals surface area (Å²) in [5, 5.41) is 0.240. The number of carbonyl (C=O) groups is 1. The minimum absolute atomic E-state index is 0.0535. The fourth-order valence-electron chi connectivity index (χ4n) is 1.39. The van der Waals surface area contributed by atoms with E-state index in [4.69, 9.17) is 0 Å². The first-order chi connectivity index (χ1) is 8.63. The van der Waals surface area contributed by atoms with E-state index >= 15 is 0 Å². The highest BCUT2D eigenvalue weighted by Gasteiger charge is 2.19. The molecule has 0 bridgehead atoms. The first-order valence-corrected chi connectivity index (χ1v) is 8.24. The molecule has 0 amide bonds. The van der Waals surface area contributed by atoms with Gasteiger partial charge in [0.2, 0.25) is 0 Å². The van der Waals surface area contributed by atoms with Gasteiger partial charge in [0.25, 0.3) is 10.2 Å². The minimum Gasteiger partial charge on any atom is -0.293 e. The van der Waals surface area contributed by atoms with Gasteiger partial charge in [-0.1, -0.05) is 15.9 Å². The number of carbonyl (C=O) groups excluding carboxylic acids is 1. The zero-order chi connectivity index (χ0) is 14.7. The molecular formula is C12H17BrN2O3S. The Morgan fingerprint density at radius 1 is 1.21 bits per heavy atom. The number of rotatable bonds is 5. The van der Waals surface area contributed by atoms with Crippen LogP contribution in [-0.4, -0.2) is 25.1 Å². The number of benzene rings is 1. The molecule has 2 N–H and O–H groups in total. The molecule has 0 spiro atoms. The summed E-state index contributed by atoms with van der Waals surface area (Å²) in [5.41, 5.74) is 0.379. The molecule has 0 aliphatic rings. The molecule has 0 aliphatic carbocycles. The van der Waals surface area contributed by atoms with E-state index in [1.807, 2.05) is 0 Å². The molecule has 0 unspecified atom stereocenters. The third kappa shape index (κ3) is 5.71. The molecule has 106 valence electrons. The molecule has 0 saturated heterocycles. The largest absolute Gasteiger partial charge is 0.299 e. The van der Waals surface area contributed by atoms with Crippen molar-refractivity contribution in [3.05, 3.63) is 29.8 Å². The summed E-state index contributed by atoms with van der Waals surface area (Å²) in [6, 6.07) is 6.27. The maximum atomic E-state index is 11.8. The Kier molecular flexibility index (Phi) is 5.11. The zero-order valence-corrected chi connectivity index (χ0v) is 13.4. The Bertz CT molecular complexity index is 547. The average Bonchev–Trinajstić information content (AvgIpc) is 2.25. The molecule has 19 heavy (non-hydrogen) atoms. The van der Waals surface area contributed by atoms with Gasteiger partial charge in [0, 0.05) is 16.8 Å². The first-order valence-electron chi connectivity index (χ1n) is 5.64. The summed E-state index contributed by atoms with van der Waals surface area (Å²) in [6.45, 7) is 5.26. The number of Topliss-reactive ketones (excluding diaryl/α,β-unsaturated/α-hetero) is 1. The van der Waals surface area contributed by atoms with E-state index in [1.165, 1.54) is 0 Å². The van der Waals surface area contributed by atoms with E-state index in [9.17, 15) is 13.2 Å². The molecular weight excluding hydrogens is 332 g/mol. The smallest absolute Gasteiger partial charge is 0.293 e. The van der Waals surface area contributed by atoms with Crippen LogP contribution in [0.3, 0.4) is 0 Å². The number of alkyl halides is 1. The Balaban J connectivity index is 2.81. The lowest BCUT2D eigenvalue weighted by molar-refractivity contribution is 0.102. The van der Waals surface area contributed by atoms with Gasteiger partial charge in [0.1, 0.15) is 0 Å². The van der Waals surface area contributed by atoms with Crippen LogP contribution in [0.5, 0.6) is 0 Å². The van der Waals surface area contributed by atoms with Crippen molar-refractivity contribution < 1.29 is 13.2 Å². The van der Waals surface area contributed by atoms with Crippen molar-refractivity contribution in [1.29, 1.82) is 0 Å². The quantitative estimate of drug-likeness (QED) is 0.633. The minimum atomic E-state index is -3.63. The second-order valence-corrected chi connectivity index (χ2v) is 7.07. The van der Waals surface area contributed by atoms with Crippen LogP contribution in [0.15, 0.2) is 24.3 Å². The van der Waals surface area contributed by atoms with Crippen molar-refractivity contribution in [3.8, 4) is 0 Å². The molecule has 0 fully saturated rings. The van der Waals surface area contributed by atoms with Gasteiger partial charge < -0.3 is 0 Å². The van der Waals surface area contributed by atoms with Crippen LogP contribution < -0.4 is 9.44 Å². The normalized spacial score (nSPS) is 12.2. The molecule has 0 heterocycles. The summed E-state index contributed by atoms with van der Waals surface area (Å²) in [6.07, 6.45) is 0. The number of hydrogen-bond acceptors (Lipinski definition) is 3. The topological polar surface area (TPSA) is 75.3 Å². The second kappa shape index (κ2) is 6.02. The number of halogens is 1. The van der Waals surface area contributed by atoms with Crippen LogP contribution >= 0.6 is 15.9 Å². The predicted octanol–water partition coefficient (Wildman–Crippen LogP) is 2.31. The van der Waals surface area contributed by atoms with Crippen LogP contribution in [0.4, 0.5) is 5.69 Å². The van der Waals surface area contributed by atoms with Gasteiger partial charge in [-0.25, -0.2) is 0 Å². The van der Waals surface area contributed by atoms with Gasteiger partial charge in [0.05, 0.1) is 5.33 Å². The van der Waals surface area contributed by atoms with E-state index < -0.39 is 15.7 Å². The molecule has 1 aromatic rings. The van der Waals surface area contributed by atoms with Gasteiger partial charge in [-0.2, -0.15) is 13.1 Å². The molecule has 0 aliphatic heterocycles.